The zero-order valence-corrected chi connectivity index (χ0v) is 15.7. The Morgan fingerprint density at radius 3 is 1.29 bits per heavy atom. The van der Waals surface area contributed by atoms with Crippen molar-refractivity contribution >= 4 is 5.97 Å². The van der Waals surface area contributed by atoms with E-state index in [1.54, 1.807) is 0 Å². The highest BCUT2D eigenvalue weighted by atomic mass is 19.2. The highest BCUT2D eigenvalue weighted by Crippen LogP contribution is 2.39. The molecule has 4 nitrogen and oxygen atoms in total. The Kier molecular flexibility index (Phi) is 7.95. The second kappa shape index (κ2) is 9.45. The standard InChI is InChI=1S/C12HF9O.C6H13NO2/c13-3-1(4(14)8(18)9(19)7(3)17)2-5(15)10(20)12(22)11(21)6(2)16;1-3-4-6(2,7)5(8)9/h22H;3-4,7H2,1-2H3,(H,8,9). The Hall–Kier alpha value is -2.96. The Bertz CT molecular complexity index is 900. The van der Waals surface area contributed by atoms with E-state index in [1.165, 1.54) is 6.92 Å². The fourth-order valence-electron chi connectivity index (χ4n) is 2.29. The number of carboxylic acids is 1. The number of phenolic OH excluding ortho intramolecular Hbond substituents is 1. The molecular weight excluding hydrogens is 449 g/mol. The summed E-state index contributed by atoms with van der Waals surface area (Å²) in [5.74, 6) is -26.2. The van der Waals surface area contributed by atoms with Crippen molar-refractivity contribution in [2.75, 3.05) is 0 Å². The zero-order valence-electron chi connectivity index (χ0n) is 15.7. The van der Waals surface area contributed by atoms with E-state index in [0.29, 0.717) is 6.42 Å². The van der Waals surface area contributed by atoms with Gasteiger partial charge in [-0.1, -0.05) is 13.3 Å². The summed E-state index contributed by atoms with van der Waals surface area (Å²) in [6, 6.07) is 0. The maximum absolute atomic E-state index is 13.5. The molecule has 2 rings (SSSR count). The molecule has 0 aliphatic carbocycles. The van der Waals surface area contributed by atoms with Crippen LogP contribution in [-0.4, -0.2) is 21.7 Å². The van der Waals surface area contributed by atoms with Gasteiger partial charge in [0.05, 0.1) is 11.1 Å². The summed E-state index contributed by atoms with van der Waals surface area (Å²) in [6.45, 7) is 3.44. The third-order valence-corrected chi connectivity index (χ3v) is 3.96. The van der Waals surface area contributed by atoms with E-state index in [4.69, 9.17) is 15.9 Å². The van der Waals surface area contributed by atoms with Crippen LogP contribution >= 0.6 is 0 Å². The van der Waals surface area contributed by atoms with Crippen molar-refractivity contribution in [2.45, 2.75) is 32.2 Å². The molecule has 0 saturated heterocycles. The first kappa shape index (κ1) is 26.1. The molecule has 0 saturated carbocycles. The van der Waals surface area contributed by atoms with E-state index in [0.717, 1.165) is 6.42 Å². The highest BCUT2D eigenvalue weighted by Gasteiger charge is 2.34. The van der Waals surface area contributed by atoms with Crippen molar-refractivity contribution < 1.29 is 54.5 Å². The molecule has 31 heavy (non-hydrogen) atoms. The largest absolute Gasteiger partial charge is 0.503 e. The average molecular weight is 463 g/mol. The third-order valence-electron chi connectivity index (χ3n) is 3.96. The molecule has 2 aromatic carbocycles. The molecule has 0 fully saturated rings. The molecule has 0 heterocycles. The first-order chi connectivity index (χ1) is 14.1. The number of rotatable bonds is 4. The highest BCUT2D eigenvalue weighted by molar-refractivity contribution is 5.77. The number of carbonyl (C=O) groups is 1. The lowest BCUT2D eigenvalue weighted by Gasteiger charge is -2.16. The molecule has 0 radical (unpaired) electrons. The molecule has 1 atom stereocenters. The summed E-state index contributed by atoms with van der Waals surface area (Å²) in [6.07, 6.45) is 1.33. The molecule has 172 valence electrons. The Balaban J connectivity index is 0.000000452. The van der Waals surface area contributed by atoms with Gasteiger partial charge in [-0.15, -0.1) is 0 Å². The summed E-state index contributed by atoms with van der Waals surface area (Å²) in [5, 5.41) is 17.2. The van der Waals surface area contributed by atoms with Crippen molar-refractivity contribution in [1.82, 2.24) is 0 Å². The predicted molar refractivity (Wildman–Crippen MR) is 88.3 cm³/mol. The van der Waals surface area contributed by atoms with Gasteiger partial charge in [0.1, 0.15) is 5.54 Å². The number of benzene rings is 2. The van der Waals surface area contributed by atoms with Gasteiger partial charge in [-0.3, -0.25) is 4.79 Å². The number of aromatic hydroxyl groups is 1. The lowest BCUT2D eigenvalue weighted by atomic mass is 9.98. The van der Waals surface area contributed by atoms with Crippen LogP contribution in [0.25, 0.3) is 11.1 Å². The normalized spacial score (nSPS) is 12.8. The lowest BCUT2D eigenvalue weighted by molar-refractivity contribution is -0.142. The van der Waals surface area contributed by atoms with Gasteiger partial charge in [0.25, 0.3) is 0 Å². The number of phenols is 1. The maximum Gasteiger partial charge on any atom is 0.323 e. The van der Waals surface area contributed by atoms with Crippen LogP contribution in [0, 0.1) is 52.4 Å². The van der Waals surface area contributed by atoms with Crippen LogP contribution in [0.3, 0.4) is 0 Å². The summed E-state index contributed by atoms with van der Waals surface area (Å²) in [7, 11) is 0. The number of halogens is 9. The molecule has 0 spiro atoms. The van der Waals surface area contributed by atoms with Crippen LogP contribution in [0.4, 0.5) is 39.5 Å². The van der Waals surface area contributed by atoms with Crippen LogP contribution in [0.5, 0.6) is 5.75 Å². The van der Waals surface area contributed by atoms with E-state index in [2.05, 4.69) is 0 Å². The quantitative estimate of drug-likeness (QED) is 0.342. The molecule has 0 aromatic heterocycles. The van der Waals surface area contributed by atoms with E-state index in [9.17, 15) is 44.3 Å². The predicted octanol–water partition coefficient (Wildman–Crippen LogP) is 4.90. The molecule has 4 N–H and O–H groups in total. The monoisotopic (exact) mass is 463 g/mol. The number of hydrogen-bond acceptors (Lipinski definition) is 3. The van der Waals surface area contributed by atoms with Gasteiger partial charge in [0, 0.05) is 0 Å². The van der Waals surface area contributed by atoms with Crippen LogP contribution in [0.2, 0.25) is 0 Å². The van der Waals surface area contributed by atoms with E-state index in [-0.39, 0.29) is 0 Å². The molecule has 0 aliphatic rings. The number of hydrogen-bond donors (Lipinski definition) is 3. The molecular formula is C18H14F9NO3. The first-order valence-electron chi connectivity index (χ1n) is 8.20. The Labute approximate surface area is 168 Å². The molecule has 0 aliphatic heterocycles. The van der Waals surface area contributed by atoms with Crippen LogP contribution in [0.1, 0.15) is 26.7 Å². The van der Waals surface area contributed by atoms with Crippen molar-refractivity contribution in [3.05, 3.63) is 52.4 Å². The fourth-order valence-corrected chi connectivity index (χ4v) is 2.29. The average Bonchev–Trinajstić information content (AvgIpc) is 2.70. The van der Waals surface area contributed by atoms with Gasteiger partial charge in [0.15, 0.2) is 40.7 Å². The second-order valence-corrected chi connectivity index (χ2v) is 6.40. The van der Waals surface area contributed by atoms with Gasteiger partial charge >= 0.3 is 5.97 Å². The number of aliphatic carboxylic acids is 1. The Morgan fingerprint density at radius 1 is 0.742 bits per heavy atom. The van der Waals surface area contributed by atoms with E-state index in [1.807, 2.05) is 6.92 Å². The van der Waals surface area contributed by atoms with Crippen molar-refractivity contribution in [1.29, 1.82) is 0 Å². The minimum absolute atomic E-state index is 0.530. The fraction of sp³-hybridized carbons (Fsp3) is 0.278. The summed E-state index contributed by atoms with van der Waals surface area (Å²) < 4.78 is 119. The maximum atomic E-state index is 13.5. The SMILES string of the molecule is CCCC(C)(N)C(=O)O.Oc1c(F)c(F)c(-c2c(F)c(F)c(F)c(F)c2F)c(F)c1F. The van der Waals surface area contributed by atoms with Gasteiger partial charge in [-0.25, -0.2) is 30.7 Å². The minimum Gasteiger partial charge on any atom is -0.503 e. The summed E-state index contributed by atoms with van der Waals surface area (Å²) in [5.41, 5.74) is -0.0469. The first-order valence-corrected chi connectivity index (χ1v) is 8.20. The third kappa shape index (κ3) is 4.86. The lowest BCUT2D eigenvalue weighted by Crippen LogP contribution is -2.44. The summed E-state index contributed by atoms with van der Waals surface area (Å²) in [4.78, 5) is 10.3. The summed E-state index contributed by atoms with van der Waals surface area (Å²) >= 11 is 0. The topological polar surface area (TPSA) is 83.6 Å². The van der Waals surface area contributed by atoms with Crippen LogP contribution in [-0.2, 0) is 4.79 Å². The van der Waals surface area contributed by atoms with Crippen LogP contribution in [0.15, 0.2) is 0 Å². The molecule has 13 heteroatoms. The van der Waals surface area contributed by atoms with E-state index < -0.39 is 80.7 Å². The van der Waals surface area contributed by atoms with Gasteiger partial charge in [-0.2, -0.15) is 8.78 Å². The van der Waals surface area contributed by atoms with Gasteiger partial charge < -0.3 is 15.9 Å². The Morgan fingerprint density at radius 2 is 1.03 bits per heavy atom. The van der Waals surface area contributed by atoms with Gasteiger partial charge in [-0.05, 0) is 13.3 Å². The smallest absolute Gasteiger partial charge is 0.323 e. The zero-order chi connectivity index (χ0) is 24.4. The van der Waals surface area contributed by atoms with Crippen molar-refractivity contribution in [2.24, 2.45) is 5.73 Å². The van der Waals surface area contributed by atoms with E-state index >= 15 is 0 Å². The number of carboxylic acid groups (broad SMARTS) is 1. The molecule has 0 amide bonds. The number of nitrogens with two attached hydrogens (primary N) is 1. The van der Waals surface area contributed by atoms with Crippen LogP contribution < -0.4 is 5.73 Å². The molecule has 0 bridgehead atoms. The molecule has 2 aromatic rings. The van der Waals surface area contributed by atoms with Crippen molar-refractivity contribution in [3.63, 3.8) is 0 Å². The second-order valence-electron chi connectivity index (χ2n) is 6.40. The minimum atomic E-state index is -2.65. The van der Waals surface area contributed by atoms with Gasteiger partial charge in [0.2, 0.25) is 17.5 Å². The molecule has 1 unspecified atom stereocenters. The van der Waals surface area contributed by atoms with Crippen molar-refractivity contribution in [3.8, 4) is 16.9 Å².